The van der Waals surface area contributed by atoms with Gasteiger partial charge in [-0.05, 0) is 107 Å². The van der Waals surface area contributed by atoms with Crippen molar-refractivity contribution < 1.29 is 19.8 Å². The Balaban J connectivity index is 1.25. The number of amides is 1. The van der Waals surface area contributed by atoms with Crippen LogP contribution in [0.15, 0.2) is 164 Å². The normalized spacial score (nSPS) is 11.7. The molecular weight excluding hydrogens is 739 g/mol. The smallest absolute Gasteiger partial charge is 0.326 e. The third-order valence-corrected chi connectivity index (χ3v) is 9.77. The summed E-state index contributed by atoms with van der Waals surface area (Å²) in [5.74, 6) is -1.58. The predicted octanol–water partition coefficient (Wildman–Crippen LogP) is 7.47. The maximum atomic E-state index is 14.1. The van der Waals surface area contributed by atoms with Crippen LogP contribution in [0.25, 0.3) is 11.1 Å². The molecule has 0 aliphatic rings. The molecule has 11 heteroatoms. The molecular formula is C48H45N7O4. The van der Waals surface area contributed by atoms with Gasteiger partial charge in [0.15, 0.2) is 0 Å². The topological polar surface area (TPSA) is 145 Å². The van der Waals surface area contributed by atoms with Gasteiger partial charge in [0, 0.05) is 76.0 Å². The van der Waals surface area contributed by atoms with Gasteiger partial charge in [-0.3, -0.25) is 34.5 Å². The first kappa shape index (κ1) is 40.1. The van der Waals surface area contributed by atoms with Crippen molar-refractivity contribution in [2.75, 3.05) is 0 Å². The number of carbonyl (C=O) groups excluding carboxylic acids is 1. The molecule has 0 fully saturated rings. The zero-order valence-corrected chi connectivity index (χ0v) is 32.5. The van der Waals surface area contributed by atoms with E-state index in [9.17, 15) is 19.8 Å². The fraction of sp³-hybridized carbons (Fsp3) is 0.167. The summed E-state index contributed by atoms with van der Waals surface area (Å²) in [5.41, 5.74) is 8.27. The molecule has 0 spiro atoms. The van der Waals surface area contributed by atoms with E-state index in [1.165, 1.54) is 12.1 Å². The first-order chi connectivity index (χ1) is 28.8. The van der Waals surface area contributed by atoms with Gasteiger partial charge in [-0.1, -0.05) is 60.7 Å². The molecule has 0 aliphatic heterocycles. The van der Waals surface area contributed by atoms with Gasteiger partial charge in [0.25, 0.3) is 5.91 Å². The van der Waals surface area contributed by atoms with Crippen LogP contribution in [0.3, 0.4) is 0 Å². The summed E-state index contributed by atoms with van der Waals surface area (Å²) >= 11 is 0. The van der Waals surface area contributed by atoms with E-state index in [4.69, 9.17) is 0 Å². The van der Waals surface area contributed by atoms with Gasteiger partial charge >= 0.3 is 5.97 Å². The Kier molecular flexibility index (Phi) is 13.5. The van der Waals surface area contributed by atoms with Crippen LogP contribution in [0.5, 0.6) is 5.75 Å². The molecule has 4 aromatic heterocycles. The number of phenolic OH excluding ortho intramolecular Hbond substituents is 1. The van der Waals surface area contributed by atoms with Crippen LogP contribution in [-0.2, 0) is 50.5 Å². The summed E-state index contributed by atoms with van der Waals surface area (Å²) in [4.78, 5) is 49.6. The highest BCUT2D eigenvalue weighted by Crippen LogP contribution is 2.29. The first-order valence-electron chi connectivity index (χ1n) is 19.4. The summed E-state index contributed by atoms with van der Waals surface area (Å²) in [6.07, 6.45) is 7.24. The van der Waals surface area contributed by atoms with Gasteiger partial charge in [0.05, 0.1) is 22.8 Å². The largest absolute Gasteiger partial charge is 0.508 e. The number of aliphatic carboxylic acids is 1. The van der Waals surface area contributed by atoms with E-state index in [0.29, 0.717) is 56.0 Å². The Morgan fingerprint density at radius 2 is 0.966 bits per heavy atom. The molecule has 3 N–H and O–H groups in total. The number of aromatic hydroxyl groups is 1. The number of hydrogen-bond donors (Lipinski definition) is 3. The Morgan fingerprint density at radius 3 is 1.39 bits per heavy atom. The standard InChI is InChI=1S/C48H45N7O4/c56-43-19-17-35(18-20-43)28-46(48(58)59)53-47(57)45-16-2-1-15-44(45)38-26-36(29-54(31-39-11-3-7-21-49-39)32-40-12-4-8-22-50-40)25-37(27-38)30-55(33-41-13-5-9-23-51-41)34-42-14-6-10-24-52-42/h1-27,46,56H,28-34H2,(H,53,57)(H,58,59)/t46-/m0/s1. The van der Waals surface area contributed by atoms with Crippen molar-refractivity contribution >= 4 is 11.9 Å². The van der Waals surface area contributed by atoms with Gasteiger partial charge < -0.3 is 15.5 Å². The number of pyridine rings is 4. The summed E-state index contributed by atoms with van der Waals surface area (Å²) < 4.78 is 0. The second kappa shape index (κ2) is 19.9. The van der Waals surface area contributed by atoms with E-state index in [-0.39, 0.29) is 12.2 Å². The number of nitrogens with zero attached hydrogens (tertiary/aromatic N) is 6. The minimum atomic E-state index is -1.19. The second-order valence-corrected chi connectivity index (χ2v) is 14.4. The van der Waals surface area contributed by atoms with Crippen molar-refractivity contribution in [2.45, 2.75) is 51.7 Å². The van der Waals surface area contributed by atoms with E-state index in [1.54, 1.807) is 49.1 Å². The van der Waals surface area contributed by atoms with Crippen molar-refractivity contribution in [3.8, 4) is 16.9 Å². The van der Waals surface area contributed by atoms with Crippen LogP contribution in [-0.4, -0.2) is 57.9 Å². The quantitative estimate of drug-likeness (QED) is 0.0802. The van der Waals surface area contributed by atoms with Gasteiger partial charge in [-0.25, -0.2) is 4.79 Å². The molecule has 11 nitrogen and oxygen atoms in total. The second-order valence-electron chi connectivity index (χ2n) is 14.4. The number of rotatable bonds is 18. The van der Waals surface area contributed by atoms with Crippen molar-refractivity contribution in [2.24, 2.45) is 0 Å². The molecule has 0 bridgehead atoms. The molecule has 0 aliphatic carbocycles. The minimum absolute atomic E-state index is 0.0495. The Hall–Kier alpha value is -7.08. The summed E-state index contributed by atoms with van der Waals surface area (Å²) in [6, 6.07) is 42.4. The highest BCUT2D eigenvalue weighted by atomic mass is 16.4. The van der Waals surface area contributed by atoms with E-state index < -0.39 is 17.9 Å². The average Bonchev–Trinajstić information content (AvgIpc) is 3.25. The molecule has 1 amide bonds. The molecule has 0 saturated carbocycles. The summed E-state index contributed by atoms with van der Waals surface area (Å²) in [5, 5.41) is 22.6. The zero-order valence-electron chi connectivity index (χ0n) is 32.5. The van der Waals surface area contributed by atoms with Crippen molar-refractivity contribution in [1.29, 1.82) is 0 Å². The van der Waals surface area contributed by atoms with E-state index in [2.05, 4.69) is 53.3 Å². The van der Waals surface area contributed by atoms with Gasteiger partial charge in [-0.15, -0.1) is 0 Å². The average molecular weight is 784 g/mol. The van der Waals surface area contributed by atoms with Crippen LogP contribution >= 0.6 is 0 Å². The number of carbonyl (C=O) groups is 2. The molecule has 4 heterocycles. The van der Waals surface area contributed by atoms with Crippen molar-refractivity contribution in [3.63, 3.8) is 0 Å². The van der Waals surface area contributed by atoms with Crippen LogP contribution in [0.4, 0.5) is 0 Å². The minimum Gasteiger partial charge on any atom is -0.508 e. The fourth-order valence-electron chi connectivity index (χ4n) is 7.07. The first-order valence-corrected chi connectivity index (χ1v) is 19.4. The van der Waals surface area contributed by atoms with Crippen LogP contribution < -0.4 is 5.32 Å². The van der Waals surface area contributed by atoms with Gasteiger partial charge in [0.2, 0.25) is 0 Å². The molecule has 7 rings (SSSR count). The number of carboxylic acid groups (broad SMARTS) is 1. The third kappa shape index (κ3) is 11.7. The Bertz CT molecular complexity index is 2230. The molecule has 0 saturated heterocycles. The molecule has 296 valence electrons. The molecule has 0 radical (unpaired) electrons. The predicted molar refractivity (Wildman–Crippen MR) is 225 cm³/mol. The number of aromatic nitrogens is 4. The van der Waals surface area contributed by atoms with Crippen molar-refractivity contribution in [1.82, 2.24) is 35.1 Å². The maximum Gasteiger partial charge on any atom is 0.326 e. The molecule has 0 unspecified atom stereocenters. The third-order valence-electron chi connectivity index (χ3n) is 9.77. The van der Waals surface area contributed by atoms with E-state index >= 15 is 0 Å². The highest BCUT2D eigenvalue weighted by Gasteiger charge is 2.24. The number of phenols is 1. The fourth-order valence-corrected chi connectivity index (χ4v) is 7.07. The zero-order chi connectivity index (χ0) is 40.8. The lowest BCUT2D eigenvalue weighted by molar-refractivity contribution is -0.139. The lowest BCUT2D eigenvalue weighted by Crippen LogP contribution is -2.42. The van der Waals surface area contributed by atoms with Gasteiger partial charge in [-0.2, -0.15) is 0 Å². The lowest BCUT2D eigenvalue weighted by Gasteiger charge is -2.25. The lowest BCUT2D eigenvalue weighted by atomic mass is 9.94. The Labute approximate surface area is 343 Å². The van der Waals surface area contributed by atoms with Crippen LogP contribution in [0, 0.1) is 0 Å². The number of hydrogen-bond acceptors (Lipinski definition) is 9. The number of carboxylic acids is 1. The molecule has 3 aromatic carbocycles. The summed E-state index contributed by atoms with van der Waals surface area (Å²) in [6.45, 7) is 3.43. The molecule has 1 atom stereocenters. The van der Waals surface area contributed by atoms with Crippen LogP contribution in [0.1, 0.15) is 49.8 Å². The van der Waals surface area contributed by atoms with Crippen LogP contribution in [0.2, 0.25) is 0 Å². The Morgan fingerprint density at radius 1 is 0.525 bits per heavy atom. The number of nitrogens with one attached hydrogen (secondary N) is 1. The SMILES string of the molecule is O=C(N[C@@H](Cc1ccc(O)cc1)C(=O)O)c1ccccc1-c1cc(CN(Cc2ccccn2)Cc2ccccn2)cc(CN(Cc2ccccn2)Cc2ccccn2)c1. The monoisotopic (exact) mass is 783 g/mol. The number of benzene rings is 3. The highest BCUT2D eigenvalue weighted by molar-refractivity contribution is 6.02. The maximum absolute atomic E-state index is 14.1. The van der Waals surface area contributed by atoms with Crippen molar-refractivity contribution in [3.05, 3.63) is 209 Å². The summed E-state index contributed by atoms with van der Waals surface area (Å²) in [7, 11) is 0. The molecule has 7 aromatic rings. The van der Waals surface area contributed by atoms with Gasteiger partial charge in [0.1, 0.15) is 11.8 Å². The van der Waals surface area contributed by atoms with E-state index in [1.807, 2.05) is 84.9 Å². The molecule has 59 heavy (non-hydrogen) atoms. The van der Waals surface area contributed by atoms with E-state index in [0.717, 1.165) is 39.5 Å².